The summed E-state index contributed by atoms with van der Waals surface area (Å²) in [7, 11) is 0. The molecule has 5 atom stereocenters. The fourth-order valence-corrected chi connectivity index (χ4v) is 6.49. The van der Waals surface area contributed by atoms with Gasteiger partial charge in [-0.15, -0.1) is 0 Å². The van der Waals surface area contributed by atoms with E-state index < -0.39 is 0 Å². The van der Waals surface area contributed by atoms with E-state index in [2.05, 4.69) is 29.8 Å². The van der Waals surface area contributed by atoms with Crippen molar-refractivity contribution in [2.75, 3.05) is 0 Å². The molecule has 0 heterocycles. The van der Waals surface area contributed by atoms with Gasteiger partial charge in [-0.3, -0.25) is 4.79 Å². The Morgan fingerprint density at radius 3 is 2.65 bits per heavy atom. The van der Waals surface area contributed by atoms with Gasteiger partial charge in [-0.25, -0.2) is 0 Å². The zero-order chi connectivity index (χ0) is 12.4. The summed E-state index contributed by atoms with van der Waals surface area (Å²) in [5.74, 6) is 2.32. The van der Waals surface area contributed by atoms with Gasteiger partial charge in [0.2, 0.25) is 0 Å². The smallest absolute Gasteiger partial charge is 0.133 e. The molecule has 17 heavy (non-hydrogen) atoms. The SMILES string of the molecule is CC(=O)[C@@H]1CCC[C@@]23C[C@H](C[C@H]12)C(C)(C)[C@@H]3Br. The first-order valence-electron chi connectivity index (χ1n) is 7.04. The van der Waals surface area contributed by atoms with Gasteiger partial charge in [0.1, 0.15) is 5.78 Å². The lowest BCUT2D eigenvalue weighted by Crippen LogP contribution is -2.48. The second-order valence-corrected chi connectivity index (χ2v) is 8.19. The highest BCUT2D eigenvalue weighted by atomic mass is 79.9. The summed E-state index contributed by atoms with van der Waals surface area (Å²) in [6.07, 6.45) is 6.42. The van der Waals surface area contributed by atoms with Crippen LogP contribution in [0, 0.1) is 28.6 Å². The maximum Gasteiger partial charge on any atom is 0.133 e. The Morgan fingerprint density at radius 1 is 1.35 bits per heavy atom. The van der Waals surface area contributed by atoms with Crippen LogP contribution >= 0.6 is 15.9 Å². The first kappa shape index (κ1) is 12.2. The van der Waals surface area contributed by atoms with Crippen LogP contribution in [-0.2, 0) is 4.79 Å². The van der Waals surface area contributed by atoms with Crippen molar-refractivity contribution in [3.05, 3.63) is 0 Å². The van der Waals surface area contributed by atoms with Gasteiger partial charge in [-0.05, 0) is 55.3 Å². The number of rotatable bonds is 1. The van der Waals surface area contributed by atoms with Gasteiger partial charge < -0.3 is 0 Å². The molecule has 0 radical (unpaired) electrons. The molecule has 3 rings (SSSR count). The van der Waals surface area contributed by atoms with Crippen molar-refractivity contribution in [2.24, 2.45) is 28.6 Å². The van der Waals surface area contributed by atoms with E-state index in [1.165, 1.54) is 25.7 Å². The molecule has 96 valence electrons. The molecule has 3 saturated carbocycles. The fourth-order valence-electron chi connectivity index (χ4n) is 5.36. The molecule has 0 aromatic carbocycles. The molecule has 1 spiro atoms. The number of ketones is 1. The van der Waals surface area contributed by atoms with E-state index in [9.17, 15) is 4.79 Å². The van der Waals surface area contributed by atoms with Crippen LogP contribution < -0.4 is 0 Å². The Morgan fingerprint density at radius 2 is 2.06 bits per heavy atom. The van der Waals surface area contributed by atoms with E-state index in [1.54, 1.807) is 0 Å². The van der Waals surface area contributed by atoms with Gasteiger partial charge in [0.15, 0.2) is 0 Å². The molecule has 0 aromatic rings. The van der Waals surface area contributed by atoms with E-state index in [4.69, 9.17) is 0 Å². The lowest BCUT2D eigenvalue weighted by atomic mass is 9.57. The minimum Gasteiger partial charge on any atom is -0.300 e. The molecule has 1 nitrogen and oxygen atoms in total. The number of halogens is 1. The quantitative estimate of drug-likeness (QED) is 0.663. The Kier molecular flexibility index (Phi) is 2.57. The molecule has 3 aliphatic carbocycles. The van der Waals surface area contributed by atoms with Gasteiger partial charge >= 0.3 is 0 Å². The molecule has 0 unspecified atom stereocenters. The van der Waals surface area contributed by atoms with Gasteiger partial charge in [-0.2, -0.15) is 0 Å². The number of carbonyl (C=O) groups is 1. The minimum absolute atomic E-state index is 0.366. The maximum atomic E-state index is 11.9. The van der Waals surface area contributed by atoms with Crippen molar-refractivity contribution < 1.29 is 4.79 Å². The number of hydrogen-bond acceptors (Lipinski definition) is 1. The van der Waals surface area contributed by atoms with E-state index in [0.717, 1.165) is 12.3 Å². The summed E-state index contributed by atoms with van der Waals surface area (Å²) in [6, 6.07) is 0. The zero-order valence-corrected chi connectivity index (χ0v) is 12.7. The van der Waals surface area contributed by atoms with E-state index in [1.807, 2.05) is 6.92 Å². The van der Waals surface area contributed by atoms with Crippen LogP contribution in [0.4, 0.5) is 0 Å². The summed E-state index contributed by atoms with van der Waals surface area (Å²) >= 11 is 4.01. The molecule has 0 aromatic heterocycles. The summed E-state index contributed by atoms with van der Waals surface area (Å²) in [5.41, 5.74) is 0.873. The van der Waals surface area contributed by atoms with Gasteiger partial charge in [0.25, 0.3) is 0 Å². The zero-order valence-electron chi connectivity index (χ0n) is 11.1. The summed E-state index contributed by atoms with van der Waals surface area (Å²) in [4.78, 5) is 12.5. The average Bonchev–Trinajstić information content (AvgIpc) is 2.73. The van der Waals surface area contributed by atoms with Gasteiger partial charge in [0.05, 0.1) is 0 Å². The van der Waals surface area contributed by atoms with Crippen molar-refractivity contribution in [2.45, 2.75) is 57.7 Å². The van der Waals surface area contributed by atoms with Crippen LogP contribution in [0.1, 0.15) is 52.9 Å². The van der Waals surface area contributed by atoms with Crippen molar-refractivity contribution in [1.82, 2.24) is 0 Å². The first-order chi connectivity index (χ1) is 7.89. The molecule has 0 N–H and O–H groups in total. The average molecular weight is 299 g/mol. The van der Waals surface area contributed by atoms with Crippen molar-refractivity contribution in [3.63, 3.8) is 0 Å². The predicted molar refractivity (Wildman–Crippen MR) is 73.2 cm³/mol. The van der Waals surface area contributed by atoms with Gasteiger partial charge in [0, 0.05) is 10.7 Å². The van der Waals surface area contributed by atoms with Crippen LogP contribution in [0.15, 0.2) is 0 Å². The molecule has 2 heteroatoms. The molecular weight excluding hydrogens is 276 g/mol. The standard InChI is InChI=1S/C15H23BrO/c1-9(17)11-5-4-6-15-8-10(7-12(11)15)14(2,3)13(15)16/h10-13H,4-8H2,1-3H3/t10-,11-,12+,13-,15+/m0/s1. The summed E-state index contributed by atoms with van der Waals surface area (Å²) in [5, 5.41) is 0. The highest BCUT2D eigenvalue weighted by Gasteiger charge is 2.67. The predicted octanol–water partition coefficient (Wildman–Crippen LogP) is 4.19. The molecule has 0 aliphatic heterocycles. The topological polar surface area (TPSA) is 17.1 Å². The Balaban J connectivity index is 1.98. The van der Waals surface area contributed by atoms with Crippen LogP contribution in [0.25, 0.3) is 0 Å². The first-order valence-corrected chi connectivity index (χ1v) is 7.95. The van der Waals surface area contributed by atoms with Crippen LogP contribution in [-0.4, -0.2) is 10.6 Å². The molecule has 2 bridgehead atoms. The third kappa shape index (κ3) is 1.39. The van der Waals surface area contributed by atoms with Crippen LogP contribution in [0.2, 0.25) is 0 Å². The number of Topliss-reactive ketones (excluding diaryl/α,β-unsaturated/α-hetero) is 1. The highest BCUT2D eigenvalue weighted by Crippen LogP contribution is 2.72. The minimum atomic E-state index is 0.366. The van der Waals surface area contributed by atoms with E-state index in [0.29, 0.717) is 33.3 Å². The van der Waals surface area contributed by atoms with Crippen molar-refractivity contribution >= 4 is 21.7 Å². The highest BCUT2D eigenvalue weighted by molar-refractivity contribution is 9.09. The molecule has 0 saturated heterocycles. The number of hydrogen-bond donors (Lipinski definition) is 0. The molecule has 0 amide bonds. The largest absolute Gasteiger partial charge is 0.300 e. The maximum absolute atomic E-state index is 11.9. The van der Waals surface area contributed by atoms with E-state index >= 15 is 0 Å². The lowest BCUT2D eigenvalue weighted by Gasteiger charge is -2.51. The number of fused-ring (bicyclic) bond motifs is 1. The summed E-state index contributed by atoms with van der Waals surface area (Å²) < 4.78 is 0. The van der Waals surface area contributed by atoms with Crippen molar-refractivity contribution in [1.29, 1.82) is 0 Å². The number of carbonyl (C=O) groups excluding carboxylic acids is 1. The Labute approximate surface area is 113 Å². The monoisotopic (exact) mass is 298 g/mol. The molecular formula is C15H23BrO. The van der Waals surface area contributed by atoms with Crippen LogP contribution in [0.5, 0.6) is 0 Å². The summed E-state index contributed by atoms with van der Waals surface area (Å²) in [6.45, 7) is 6.64. The lowest BCUT2D eigenvalue weighted by molar-refractivity contribution is -0.126. The second kappa shape index (κ2) is 3.59. The fraction of sp³-hybridized carbons (Fsp3) is 0.933. The van der Waals surface area contributed by atoms with Crippen LogP contribution in [0.3, 0.4) is 0 Å². The Hall–Kier alpha value is 0.150. The third-order valence-corrected chi connectivity index (χ3v) is 8.37. The van der Waals surface area contributed by atoms with Gasteiger partial charge in [-0.1, -0.05) is 36.2 Å². The molecule has 3 aliphatic rings. The number of alkyl halides is 1. The van der Waals surface area contributed by atoms with Crippen molar-refractivity contribution in [3.8, 4) is 0 Å². The molecule has 3 fully saturated rings. The normalized spacial score (nSPS) is 51.3. The Bertz CT molecular complexity index is 362. The van der Waals surface area contributed by atoms with E-state index in [-0.39, 0.29) is 0 Å². The second-order valence-electron chi connectivity index (χ2n) is 7.27. The third-order valence-electron chi connectivity index (χ3n) is 6.28.